The van der Waals surface area contributed by atoms with Gasteiger partial charge >= 0.3 is 0 Å². The highest BCUT2D eigenvalue weighted by Gasteiger charge is 2.28. The summed E-state index contributed by atoms with van der Waals surface area (Å²) < 4.78 is 1.51. The van der Waals surface area contributed by atoms with Crippen LogP contribution in [-0.2, 0) is 6.54 Å². The maximum atomic E-state index is 12.9. The molecule has 1 aliphatic carbocycles. The van der Waals surface area contributed by atoms with E-state index >= 15 is 0 Å². The minimum absolute atomic E-state index is 0.0799. The number of rotatable bonds is 5. The molecule has 25 heavy (non-hydrogen) atoms. The van der Waals surface area contributed by atoms with Crippen LogP contribution in [0.15, 0.2) is 29.3 Å². The van der Waals surface area contributed by atoms with Gasteiger partial charge in [0, 0.05) is 6.04 Å². The SMILES string of the molecule is O=c1c2c(C3CC3)cccc2ncn1C[C@@H](O)C[C@H]1NCCC[C@@H]1O. The molecule has 6 heteroatoms. The minimum atomic E-state index is -0.699. The molecule has 2 aromatic rings. The summed E-state index contributed by atoms with van der Waals surface area (Å²) in [4.78, 5) is 17.3. The van der Waals surface area contributed by atoms with E-state index in [1.807, 2.05) is 18.2 Å². The highest BCUT2D eigenvalue weighted by atomic mass is 16.3. The van der Waals surface area contributed by atoms with E-state index in [9.17, 15) is 15.0 Å². The number of aliphatic hydroxyl groups excluding tert-OH is 2. The van der Waals surface area contributed by atoms with E-state index in [1.165, 1.54) is 10.9 Å². The molecule has 1 aromatic carbocycles. The smallest absolute Gasteiger partial charge is 0.261 e. The van der Waals surface area contributed by atoms with Gasteiger partial charge in [-0.25, -0.2) is 4.98 Å². The summed E-state index contributed by atoms with van der Waals surface area (Å²) >= 11 is 0. The van der Waals surface area contributed by atoms with Gasteiger partial charge in [-0.15, -0.1) is 0 Å². The Bertz CT molecular complexity index is 815. The standard InChI is InChI=1S/C19H25N3O3/c23-13(9-16-17(24)5-2-8-20-16)10-22-11-21-15-4-1-3-14(12-6-7-12)18(15)19(22)25/h1,3-4,11-13,16-17,20,23-24H,2,5-10H2/t13-,16+,17-/m0/s1. The Labute approximate surface area is 146 Å². The Morgan fingerprint density at radius 3 is 2.92 bits per heavy atom. The molecule has 134 valence electrons. The molecule has 0 radical (unpaired) electrons. The van der Waals surface area contributed by atoms with Gasteiger partial charge in [0.2, 0.25) is 0 Å². The summed E-state index contributed by atoms with van der Waals surface area (Å²) in [5, 5.41) is 24.4. The summed E-state index contributed by atoms with van der Waals surface area (Å²) in [6, 6.07) is 5.73. The van der Waals surface area contributed by atoms with Crippen LogP contribution >= 0.6 is 0 Å². The predicted octanol–water partition coefficient (Wildman–Crippen LogP) is 1.14. The van der Waals surface area contributed by atoms with Gasteiger partial charge in [-0.1, -0.05) is 12.1 Å². The third-order valence-corrected chi connectivity index (χ3v) is 5.38. The zero-order valence-electron chi connectivity index (χ0n) is 14.3. The first kappa shape index (κ1) is 16.7. The number of nitrogens with one attached hydrogen (secondary N) is 1. The van der Waals surface area contributed by atoms with Crippen LogP contribution in [0.2, 0.25) is 0 Å². The van der Waals surface area contributed by atoms with E-state index < -0.39 is 12.2 Å². The van der Waals surface area contributed by atoms with Crippen molar-refractivity contribution in [3.8, 4) is 0 Å². The van der Waals surface area contributed by atoms with Gasteiger partial charge in [-0.05, 0) is 56.2 Å². The third-order valence-electron chi connectivity index (χ3n) is 5.38. The van der Waals surface area contributed by atoms with Gasteiger partial charge in [0.05, 0.1) is 36.0 Å². The van der Waals surface area contributed by atoms with Crippen molar-refractivity contribution < 1.29 is 10.2 Å². The normalized spacial score (nSPS) is 25.2. The van der Waals surface area contributed by atoms with E-state index in [0.29, 0.717) is 17.7 Å². The minimum Gasteiger partial charge on any atom is -0.392 e. The largest absolute Gasteiger partial charge is 0.392 e. The molecule has 4 rings (SSSR count). The quantitative estimate of drug-likeness (QED) is 0.758. The van der Waals surface area contributed by atoms with Gasteiger partial charge in [0.25, 0.3) is 5.56 Å². The van der Waals surface area contributed by atoms with Gasteiger partial charge in [0.15, 0.2) is 0 Å². The number of hydrogen-bond acceptors (Lipinski definition) is 5. The van der Waals surface area contributed by atoms with Gasteiger partial charge in [0.1, 0.15) is 0 Å². The van der Waals surface area contributed by atoms with Crippen LogP contribution in [0.4, 0.5) is 0 Å². The summed E-state index contributed by atoms with van der Waals surface area (Å²) in [6.45, 7) is 1.06. The Hall–Kier alpha value is -1.76. The molecule has 0 unspecified atom stereocenters. The third kappa shape index (κ3) is 3.47. The number of piperidine rings is 1. The fourth-order valence-electron chi connectivity index (χ4n) is 3.86. The second kappa shape index (κ2) is 6.86. The van der Waals surface area contributed by atoms with E-state index in [4.69, 9.17) is 0 Å². The monoisotopic (exact) mass is 343 g/mol. The molecule has 2 fully saturated rings. The zero-order valence-corrected chi connectivity index (χ0v) is 14.3. The van der Waals surface area contributed by atoms with E-state index in [0.717, 1.165) is 43.3 Å². The van der Waals surface area contributed by atoms with Crippen LogP contribution in [0, 0.1) is 0 Å². The molecule has 0 spiro atoms. The molecular weight excluding hydrogens is 318 g/mol. The van der Waals surface area contributed by atoms with Gasteiger partial charge in [-0.2, -0.15) is 0 Å². The van der Waals surface area contributed by atoms with Gasteiger partial charge < -0.3 is 15.5 Å². The van der Waals surface area contributed by atoms with Crippen molar-refractivity contribution in [2.24, 2.45) is 0 Å². The summed E-state index contributed by atoms with van der Waals surface area (Å²) in [5.41, 5.74) is 1.73. The Morgan fingerprint density at radius 2 is 2.16 bits per heavy atom. The maximum absolute atomic E-state index is 12.9. The van der Waals surface area contributed by atoms with Crippen LogP contribution in [0.5, 0.6) is 0 Å². The summed E-state index contributed by atoms with van der Waals surface area (Å²) in [5.74, 6) is 0.473. The Morgan fingerprint density at radius 1 is 1.32 bits per heavy atom. The lowest BCUT2D eigenvalue weighted by Gasteiger charge is -2.30. The molecule has 3 N–H and O–H groups in total. The molecule has 0 amide bonds. The van der Waals surface area contributed by atoms with Crippen LogP contribution in [0.25, 0.3) is 10.9 Å². The second-order valence-electron chi connectivity index (χ2n) is 7.38. The van der Waals surface area contributed by atoms with Gasteiger partial charge in [-0.3, -0.25) is 9.36 Å². The van der Waals surface area contributed by atoms with E-state index in [1.54, 1.807) is 0 Å². The van der Waals surface area contributed by atoms with E-state index in [-0.39, 0.29) is 18.1 Å². The first-order valence-corrected chi connectivity index (χ1v) is 9.21. The zero-order chi connectivity index (χ0) is 17.4. The summed E-state index contributed by atoms with van der Waals surface area (Å²) in [6.07, 6.45) is 4.78. The number of benzene rings is 1. The Balaban J connectivity index is 1.56. The number of hydrogen-bond donors (Lipinski definition) is 3. The molecular formula is C19H25N3O3. The summed E-state index contributed by atoms with van der Waals surface area (Å²) in [7, 11) is 0. The average Bonchev–Trinajstić information content (AvgIpc) is 3.44. The molecule has 6 nitrogen and oxygen atoms in total. The average molecular weight is 343 g/mol. The first-order valence-electron chi connectivity index (χ1n) is 9.21. The van der Waals surface area contributed by atoms with Crippen molar-refractivity contribution in [3.05, 3.63) is 40.4 Å². The number of nitrogens with zero attached hydrogens (tertiary/aromatic N) is 2. The topological polar surface area (TPSA) is 87.4 Å². The fourth-order valence-corrected chi connectivity index (χ4v) is 3.86. The molecule has 1 saturated heterocycles. The predicted molar refractivity (Wildman–Crippen MR) is 95.6 cm³/mol. The highest BCUT2D eigenvalue weighted by molar-refractivity contribution is 5.82. The lowest BCUT2D eigenvalue weighted by atomic mass is 9.96. The van der Waals surface area contributed by atoms with Crippen molar-refractivity contribution >= 4 is 10.9 Å². The van der Waals surface area contributed by atoms with Crippen molar-refractivity contribution in [3.63, 3.8) is 0 Å². The Kier molecular flexibility index (Phi) is 4.58. The van der Waals surface area contributed by atoms with E-state index in [2.05, 4.69) is 10.3 Å². The number of aliphatic hydroxyl groups is 2. The van der Waals surface area contributed by atoms with Crippen molar-refractivity contribution in [1.82, 2.24) is 14.9 Å². The van der Waals surface area contributed by atoms with Crippen LogP contribution in [0.3, 0.4) is 0 Å². The molecule has 1 saturated carbocycles. The van der Waals surface area contributed by atoms with Crippen molar-refractivity contribution in [2.45, 2.75) is 62.8 Å². The molecule has 1 aromatic heterocycles. The second-order valence-corrected chi connectivity index (χ2v) is 7.38. The van der Waals surface area contributed by atoms with Crippen LogP contribution in [0.1, 0.15) is 43.6 Å². The maximum Gasteiger partial charge on any atom is 0.261 e. The number of aromatic nitrogens is 2. The van der Waals surface area contributed by atoms with Crippen LogP contribution in [-0.4, -0.2) is 44.6 Å². The molecule has 2 heterocycles. The van der Waals surface area contributed by atoms with Crippen molar-refractivity contribution in [1.29, 1.82) is 0 Å². The van der Waals surface area contributed by atoms with Crippen LogP contribution < -0.4 is 10.9 Å². The first-order chi connectivity index (χ1) is 12.1. The van der Waals surface area contributed by atoms with Crippen molar-refractivity contribution in [2.75, 3.05) is 6.54 Å². The molecule has 1 aliphatic heterocycles. The lowest BCUT2D eigenvalue weighted by Crippen LogP contribution is -2.47. The fraction of sp³-hybridized carbons (Fsp3) is 0.579. The number of fused-ring (bicyclic) bond motifs is 1. The molecule has 3 atom stereocenters. The molecule has 2 aliphatic rings. The lowest BCUT2D eigenvalue weighted by molar-refractivity contribution is 0.0539. The highest BCUT2D eigenvalue weighted by Crippen LogP contribution is 2.41. The molecule has 0 bridgehead atoms.